The van der Waals surface area contributed by atoms with E-state index in [2.05, 4.69) is 10.3 Å². The first kappa shape index (κ1) is 13.8. The van der Waals surface area contributed by atoms with Crippen LogP contribution in [-0.2, 0) is 0 Å². The number of nitro groups is 1. The number of nitrogens with one attached hydrogen (secondary N) is 1. The molecule has 0 amide bonds. The van der Waals surface area contributed by atoms with Crippen molar-refractivity contribution in [3.05, 3.63) is 58.3 Å². The lowest BCUT2D eigenvalue weighted by Crippen LogP contribution is -2.09. The second-order valence-electron chi connectivity index (χ2n) is 4.27. The lowest BCUT2D eigenvalue weighted by Gasteiger charge is -2.15. The lowest BCUT2D eigenvalue weighted by atomic mass is 10.1. The predicted octanol–water partition coefficient (Wildman–Crippen LogP) is 3.17. The maximum Gasteiger partial charge on any atom is 0.311 e. The number of nitrogens with zero attached hydrogens (tertiary/aromatic N) is 2. The van der Waals surface area contributed by atoms with Crippen molar-refractivity contribution in [2.45, 2.75) is 13.0 Å². The molecule has 104 valence electrons. The topological polar surface area (TPSA) is 77.3 Å². The first-order valence-corrected chi connectivity index (χ1v) is 6.11. The molecule has 1 unspecified atom stereocenters. The van der Waals surface area contributed by atoms with Gasteiger partial charge in [-0.25, -0.2) is 4.98 Å². The number of hydrogen-bond donors (Lipinski definition) is 1. The standard InChI is InChI=1S/C14H15N3O3/c1-10(11-5-7-12(20-2)8-6-11)16-14-13(17(18)19)4-3-9-15-14/h3-10H,1-2H3,(H,15,16). The van der Waals surface area contributed by atoms with Gasteiger partial charge in [0.25, 0.3) is 0 Å². The molecule has 6 nitrogen and oxygen atoms in total. The van der Waals surface area contributed by atoms with Crippen LogP contribution >= 0.6 is 0 Å². The molecule has 0 radical (unpaired) electrons. The summed E-state index contributed by atoms with van der Waals surface area (Å²) in [5.41, 5.74) is 0.957. The normalized spacial score (nSPS) is 11.7. The third-order valence-corrected chi connectivity index (χ3v) is 2.95. The van der Waals surface area contributed by atoms with Crippen LogP contribution in [0.1, 0.15) is 18.5 Å². The number of ether oxygens (including phenoxy) is 1. The van der Waals surface area contributed by atoms with E-state index in [1.165, 1.54) is 12.3 Å². The summed E-state index contributed by atoms with van der Waals surface area (Å²) in [5, 5.41) is 14.0. The molecule has 0 aliphatic rings. The molecule has 0 aliphatic heterocycles. The van der Waals surface area contributed by atoms with E-state index >= 15 is 0 Å². The molecule has 0 bridgehead atoms. The number of hydrogen-bond acceptors (Lipinski definition) is 5. The fourth-order valence-electron chi connectivity index (χ4n) is 1.84. The van der Waals surface area contributed by atoms with Crippen molar-refractivity contribution in [3.63, 3.8) is 0 Å². The van der Waals surface area contributed by atoms with E-state index in [0.717, 1.165) is 11.3 Å². The molecule has 0 spiro atoms. The molecule has 1 aromatic heterocycles. The fraction of sp³-hybridized carbons (Fsp3) is 0.214. The van der Waals surface area contributed by atoms with Crippen LogP contribution in [0.3, 0.4) is 0 Å². The van der Waals surface area contributed by atoms with Crippen LogP contribution in [0.25, 0.3) is 0 Å². The van der Waals surface area contributed by atoms with Crippen molar-refractivity contribution >= 4 is 11.5 Å². The van der Waals surface area contributed by atoms with E-state index < -0.39 is 4.92 Å². The largest absolute Gasteiger partial charge is 0.497 e. The van der Waals surface area contributed by atoms with E-state index in [0.29, 0.717) is 0 Å². The maximum absolute atomic E-state index is 10.9. The summed E-state index contributed by atoms with van der Waals surface area (Å²) < 4.78 is 5.10. The molecular weight excluding hydrogens is 258 g/mol. The van der Waals surface area contributed by atoms with Crippen LogP contribution in [0, 0.1) is 10.1 Å². The van der Waals surface area contributed by atoms with Crippen LogP contribution in [0.4, 0.5) is 11.5 Å². The second kappa shape index (κ2) is 6.01. The van der Waals surface area contributed by atoms with Gasteiger partial charge in [0.05, 0.1) is 18.1 Å². The smallest absolute Gasteiger partial charge is 0.311 e. The van der Waals surface area contributed by atoms with Gasteiger partial charge in [-0.2, -0.15) is 0 Å². The monoisotopic (exact) mass is 273 g/mol. The molecule has 2 aromatic rings. The highest BCUT2D eigenvalue weighted by atomic mass is 16.6. The fourth-order valence-corrected chi connectivity index (χ4v) is 1.84. The first-order valence-electron chi connectivity index (χ1n) is 6.11. The molecule has 1 heterocycles. The Labute approximate surface area is 116 Å². The summed E-state index contributed by atoms with van der Waals surface area (Å²) >= 11 is 0. The highest BCUT2D eigenvalue weighted by Crippen LogP contribution is 2.26. The Balaban J connectivity index is 2.18. The number of benzene rings is 1. The van der Waals surface area contributed by atoms with E-state index in [1.54, 1.807) is 13.2 Å². The van der Waals surface area contributed by atoms with Gasteiger partial charge >= 0.3 is 5.69 Å². The highest BCUT2D eigenvalue weighted by Gasteiger charge is 2.16. The lowest BCUT2D eigenvalue weighted by molar-refractivity contribution is -0.384. The van der Waals surface area contributed by atoms with Crippen LogP contribution in [0.15, 0.2) is 42.6 Å². The molecule has 0 saturated heterocycles. The van der Waals surface area contributed by atoms with Crippen LogP contribution in [-0.4, -0.2) is 17.0 Å². The first-order chi connectivity index (χ1) is 9.61. The van der Waals surface area contributed by atoms with Gasteiger partial charge in [-0.3, -0.25) is 10.1 Å². The van der Waals surface area contributed by atoms with Gasteiger partial charge in [0.15, 0.2) is 0 Å². The minimum atomic E-state index is -0.448. The zero-order valence-electron chi connectivity index (χ0n) is 11.2. The Bertz CT molecular complexity index is 599. The molecule has 0 fully saturated rings. The molecule has 6 heteroatoms. The molecule has 0 aliphatic carbocycles. The number of anilines is 1. The van der Waals surface area contributed by atoms with Crippen molar-refractivity contribution in [1.29, 1.82) is 0 Å². The predicted molar refractivity (Wildman–Crippen MR) is 75.9 cm³/mol. The SMILES string of the molecule is COc1ccc(C(C)Nc2ncccc2[N+](=O)[O-])cc1. The number of aromatic nitrogens is 1. The van der Waals surface area contributed by atoms with E-state index in [4.69, 9.17) is 4.74 Å². The maximum atomic E-state index is 10.9. The van der Waals surface area contributed by atoms with Crippen molar-refractivity contribution in [3.8, 4) is 5.75 Å². The average Bonchev–Trinajstić information content (AvgIpc) is 2.47. The molecule has 0 saturated carbocycles. The number of methoxy groups -OCH3 is 1. The molecule has 1 N–H and O–H groups in total. The summed E-state index contributed by atoms with van der Waals surface area (Å²) in [6, 6.07) is 10.4. The van der Waals surface area contributed by atoms with E-state index in [1.807, 2.05) is 31.2 Å². The minimum Gasteiger partial charge on any atom is -0.497 e. The Morgan fingerprint density at radius 1 is 1.30 bits per heavy atom. The van der Waals surface area contributed by atoms with Gasteiger partial charge in [-0.1, -0.05) is 12.1 Å². The second-order valence-corrected chi connectivity index (χ2v) is 4.27. The molecule has 1 aromatic carbocycles. The minimum absolute atomic E-state index is 0.0344. The Hall–Kier alpha value is -2.63. The van der Waals surface area contributed by atoms with Gasteiger partial charge < -0.3 is 10.1 Å². The van der Waals surface area contributed by atoms with Crippen molar-refractivity contribution in [2.75, 3.05) is 12.4 Å². The van der Waals surface area contributed by atoms with Gasteiger partial charge in [0, 0.05) is 12.3 Å². The zero-order chi connectivity index (χ0) is 14.5. The van der Waals surface area contributed by atoms with Crippen LogP contribution < -0.4 is 10.1 Å². The van der Waals surface area contributed by atoms with Crippen LogP contribution in [0.2, 0.25) is 0 Å². The zero-order valence-corrected chi connectivity index (χ0v) is 11.2. The van der Waals surface area contributed by atoms with Gasteiger partial charge in [-0.15, -0.1) is 0 Å². The van der Waals surface area contributed by atoms with E-state index in [-0.39, 0.29) is 17.5 Å². The van der Waals surface area contributed by atoms with Crippen molar-refractivity contribution < 1.29 is 9.66 Å². The van der Waals surface area contributed by atoms with Crippen LogP contribution in [0.5, 0.6) is 5.75 Å². The van der Waals surface area contributed by atoms with Gasteiger partial charge in [0.2, 0.25) is 5.82 Å². The Kier molecular flexibility index (Phi) is 4.14. The van der Waals surface area contributed by atoms with E-state index in [9.17, 15) is 10.1 Å². The Morgan fingerprint density at radius 3 is 2.60 bits per heavy atom. The summed E-state index contributed by atoms with van der Waals surface area (Å²) in [7, 11) is 1.61. The van der Waals surface area contributed by atoms with Gasteiger partial charge in [-0.05, 0) is 30.7 Å². The molecular formula is C14H15N3O3. The van der Waals surface area contributed by atoms with Crippen molar-refractivity contribution in [1.82, 2.24) is 4.98 Å². The quantitative estimate of drug-likeness (QED) is 0.668. The average molecular weight is 273 g/mol. The third kappa shape index (κ3) is 3.03. The molecule has 20 heavy (non-hydrogen) atoms. The van der Waals surface area contributed by atoms with Crippen molar-refractivity contribution in [2.24, 2.45) is 0 Å². The number of rotatable bonds is 5. The third-order valence-electron chi connectivity index (χ3n) is 2.95. The molecule has 1 atom stereocenters. The summed E-state index contributed by atoms with van der Waals surface area (Å²) in [6.45, 7) is 1.92. The van der Waals surface area contributed by atoms with Gasteiger partial charge in [0.1, 0.15) is 5.75 Å². The summed E-state index contributed by atoms with van der Waals surface area (Å²) in [4.78, 5) is 14.5. The number of pyridine rings is 1. The summed E-state index contributed by atoms with van der Waals surface area (Å²) in [5.74, 6) is 1.03. The molecule has 2 rings (SSSR count). The summed E-state index contributed by atoms with van der Waals surface area (Å²) in [6.07, 6.45) is 1.52. The Morgan fingerprint density at radius 2 is 2.00 bits per heavy atom. The highest BCUT2D eigenvalue weighted by molar-refractivity contribution is 5.56.